The summed E-state index contributed by atoms with van der Waals surface area (Å²) in [4.78, 5) is 12.3. The summed E-state index contributed by atoms with van der Waals surface area (Å²) in [6, 6.07) is 15.8. The normalized spacial score (nSPS) is 16.1. The average Bonchev–Trinajstić information content (AvgIpc) is 2.62. The van der Waals surface area contributed by atoms with Crippen LogP contribution in [0.3, 0.4) is 0 Å². The van der Waals surface area contributed by atoms with Gasteiger partial charge in [-0.3, -0.25) is 4.79 Å². The van der Waals surface area contributed by atoms with Crippen molar-refractivity contribution in [1.82, 2.24) is 5.32 Å². The highest BCUT2D eigenvalue weighted by Gasteiger charge is 2.21. The maximum atomic E-state index is 12.3. The van der Waals surface area contributed by atoms with Crippen LogP contribution in [0.4, 0.5) is 0 Å². The van der Waals surface area contributed by atoms with Crippen molar-refractivity contribution in [3.8, 4) is 11.5 Å². The van der Waals surface area contributed by atoms with E-state index < -0.39 is 0 Å². The molecule has 24 heavy (non-hydrogen) atoms. The van der Waals surface area contributed by atoms with E-state index >= 15 is 0 Å². The summed E-state index contributed by atoms with van der Waals surface area (Å²) in [5.74, 6) is 1.15. The van der Waals surface area contributed by atoms with Gasteiger partial charge < -0.3 is 14.8 Å². The number of nitrogens with one attached hydrogen (secondary N) is 1. The maximum absolute atomic E-state index is 12.3. The smallest absolute Gasteiger partial charge is 0.258 e. The van der Waals surface area contributed by atoms with Crippen molar-refractivity contribution in [3.05, 3.63) is 59.7 Å². The number of para-hydroxylation sites is 2. The van der Waals surface area contributed by atoms with E-state index in [1.54, 1.807) is 0 Å². The van der Waals surface area contributed by atoms with Gasteiger partial charge in [0.2, 0.25) is 0 Å². The standard InChI is InChI=1S/C20H23NO3/c1-2-23-18-12-5-6-13-19(18)24-14-20(22)21-17-11-7-9-15-8-3-4-10-16(15)17/h3-6,8,10,12-13,17H,2,7,9,11,14H2,1H3,(H,21,22). The molecular weight excluding hydrogens is 302 g/mol. The van der Waals surface area contributed by atoms with Gasteiger partial charge >= 0.3 is 0 Å². The Labute approximate surface area is 142 Å². The van der Waals surface area contributed by atoms with Gasteiger partial charge in [0.05, 0.1) is 12.6 Å². The number of carbonyl (C=O) groups excluding carboxylic acids is 1. The van der Waals surface area contributed by atoms with Crippen LogP contribution < -0.4 is 14.8 Å². The van der Waals surface area contributed by atoms with Crippen molar-refractivity contribution < 1.29 is 14.3 Å². The van der Waals surface area contributed by atoms with Gasteiger partial charge in [0.25, 0.3) is 5.91 Å². The van der Waals surface area contributed by atoms with E-state index in [9.17, 15) is 4.79 Å². The fraction of sp³-hybridized carbons (Fsp3) is 0.350. The Balaban J connectivity index is 1.59. The van der Waals surface area contributed by atoms with Crippen molar-refractivity contribution >= 4 is 5.91 Å². The zero-order valence-electron chi connectivity index (χ0n) is 14.0. The van der Waals surface area contributed by atoms with Gasteiger partial charge in [0.1, 0.15) is 0 Å². The van der Waals surface area contributed by atoms with E-state index in [0.29, 0.717) is 18.1 Å². The quantitative estimate of drug-likeness (QED) is 0.882. The molecule has 0 aromatic heterocycles. The van der Waals surface area contributed by atoms with Gasteiger partial charge in [0.15, 0.2) is 18.1 Å². The number of hydrogen-bond donors (Lipinski definition) is 1. The number of rotatable bonds is 6. The lowest BCUT2D eigenvalue weighted by atomic mass is 9.88. The number of fused-ring (bicyclic) bond motifs is 1. The molecule has 0 saturated heterocycles. The van der Waals surface area contributed by atoms with Crippen LogP contribution >= 0.6 is 0 Å². The first kappa shape index (κ1) is 16.4. The third-order valence-corrected chi connectivity index (χ3v) is 4.21. The highest BCUT2D eigenvalue weighted by atomic mass is 16.5. The highest BCUT2D eigenvalue weighted by Crippen LogP contribution is 2.29. The summed E-state index contributed by atoms with van der Waals surface area (Å²) in [6.07, 6.45) is 3.15. The Morgan fingerprint density at radius 1 is 1.08 bits per heavy atom. The second-order valence-corrected chi connectivity index (χ2v) is 5.88. The van der Waals surface area contributed by atoms with Crippen LogP contribution in [0.5, 0.6) is 11.5 Å². The maximum Gasteiger partial charge on any atom is 0.258 e. The Hall–Kier alpha value is -2.49. The molecule has 3 rings (SSSR count). The van der Waals surface area contributed by atoms with Crippen LogP contribution in [0, 0.1) is 0 Å². The van der Waals surface area contributed by atoms with E-state index in [2.05, 4.69) is 23.5 Å². The molecule has 4 heteroatoms. The summed E-state index contributed by atoms with van der Waals surface area (Å²) >= 11 is 0. The lowest BCUT2D eigenvalue weighted by Crippen LogP contribution is -2.34. The van der Waals surface area contributed by atoms with E-state index in [0.717, 1.165) is 19.3 Å². The molecule has 1 unspecified atom stereocenters. The van der Waals surface area contributed by atoms with E-state index in [4.69, 9.17) is 9.47 Å². The second kappa shape index (κ2) is 7.86. The lowest BCUT2D eigenvalue weighted by Gasteiger charge is -2.26. The molecule has 1 atom stereocenters. The minimum atomic E-state index is -0.108. The molecule has 2 aromatic carbocycles. The van der Waals surface area contributed by atoms with Crippen molar-refractivity contribution in [2.45, 2.75) is 32.2 Å². The molecule has 2 aromatic rings. The zero-order chi connectivity index (χ0) is 16.8. The fourth-order valence-corrected chi connectivity index (χ4v) is 3.13. The third kappa shape index (κ3) is 3.88. The molecule has 0 fully saturated rings. The Morgan fingerprint density at radius 3 is 2.58 bits per heavy atom. The molecule has 1 amide bonds. The number of aryl methyl sites for hydroxylation is 1. The first-order valence-electron chi connectivity index (χ1n) is 8.49. The number of hydrogen-bond acceptors (Lipinski definition) is 3. The second-order valence-electron chi connectivity index (χ2n) is 5.88. The third-order valence-electron chi connectivity index (χ3n) is 4.21. The molecule has 1 aliphatic rings. The molecule has 0 spiro atoms. The molecule has 0 heterocycles. The minimum absolute atomic E-state index is 0.0112. The van der Waals surface area contributed by atoms with Crippen LogP contribution in [-0.2, 0) is 11.2 Å². The van der Waals surface area contributed by atoms with Crippen LogP contribution in [0.25, 0.3) is 0 Å². The molecule has 0 saturated carbocycles. The first-order valence-corrected chi connectivity index (χ1v) is 8.49. The molecule has 1 N–H and O–H groups in total. The van der Waals surface area contributed by atoms with Gasteiger partial charge in [-0.25, -0.2) is 0 Å². The Morgan fingerprint density at radius 2 is 1.79 bits per heavy atom. The number of ether oxygens (including phenoxy) is 2. The van der Waals surface area contributed by atoms with E-state index in [1.807, 2.05) is 37.3 Å². The molecule has 4 nitrogen and oxygen atoms in total. The zero-order valence-corrected chi connectivity index (χ0v) is 14.0. The van der Waals surface area contributed by atoms with Gasteiger partial charge in [-0.05, 0) is 49.4 Å². The molecule has 0 bridgehead atoms. The van der Waals surface area contributed by atoms with Gasteiger partial charge in [-0.15, -0.1) is 0 Å². The summed E-state index contributed by atoms with van der Waals surface area (Å²) in [5.41, 5.74) is 2.56. The Bertz CT molecular complexity index is 699. The first-order chi connectivity index (χ1) is 11.8. The van der Waals surface area contributed by atoms with Crippen LogP contribution in [-0.4, -0.2) is 19.1 Å². The van der Waals surface area contributed by atoms with Crippen molar-refractivity contribution in [1.29, 1.82) is 0 Å². The van der Waals surface area contributed by atoms with Gasteiger partial charge in [-0.2, -0.15) is 0 Å². The number of carbonyl (C=O) groups is 1. The summed E-state index contributed by atoms with van der Waals surface area (Å²) < 4.78 is 11.2. The summed E-state index contributed by atoms with van der Waals surface area (Å²) in [6.45, 7) is 2.47. The van der Waals surface area contributed by atoms with Gasteiger partial charge in [-0.1, -0.05) is 36.4 Å². The van der Waals surface area contributed by atoms with E-state index in [-0.39, 0.29) is 18.6 Å². The van der Waals surface area contributed by atoms with Crippen molar-refractivity contribution in [2.75, 3.05) is 13.2 Å². The largest absolute Gasteiger partial charge is 0.490 e. The highest BCUT2D eigenvalue weighted by molar-refractivity contribution is 5.78. The molecule has 0 radical (unpaired) electrons. The van der Waals surface area contributed by atoms with Crippen molar-refractivity contribution in [2.24, 2.45) is 0 Å². The lowest BCUT2D eigenvalue weighted by molar-refractivity contribution is -0.124. The summed E-state index contributed by atoms with van der Waals surface area (Å²) in [5, 5.41) is 3.09. The van der Waals surface area contributed by atoms with Gasteiger partial charge in [0, 0.05) is 0 Å². The Kier molecular flexibility index (Phi) is 5.36. The predicted molar refractivity (Wildman–Crippen MR) is 93.4 cm³/mol. The van der Waals surface area contributed by atoms with Crippen LogP contribution in [0.1, 0.15) is 36.9 Å². The molecular formula is C20H23NO3. The molecule has 0 aliphatic heterocycles. The average molecular weight is 325 g/mol. The number of benzene rings is 2. The topological polar surface area (TPSA) is 47.6 Å². The molecule has 1 aliphatic carbocycles. The predicted octanol–water partition coefficient (Wildman–Crippen LogP) is 3.66. The SMILES string of the molecule is CCOc1ccccc1OCC(=O)NC1CCCc2ccccc21. The fourth-order valence-electron chi connectivity index (χ4n) is 3.13. The molecule has 126 valence electrons. The van der Waals surface area contributed by atoms with Crippen LogP contribution in [0.15, 0.2) is 48.5 Å². The minimum Gasteiger partial charge on any atom is -0.490 e. The van der Waals surface area contributed by atoms with Crippen LogP contribution in [0.2, 0.25) is 0 Å². The summed E-state index contributed by atoms with van der Waals surface area (Å²) in [7, 11) is 0. The number of amides is 1. The van der Waals surface area contributed by atoms with Crippen molar-refractivity contribution in [3.63, 3.8) is 0 Å². The monoisotopic (exact) mass is 325 g/mol. The van der Waals surface area contributed by atoms with E-state index in [1.165, 1.54) is 11.1 Å².